The molecule has 8 nitrogen and oxygen atoms in total. The highest BCUT2D eigenvalue weighted by Gasteiger charge is 2.55. The summed E-state index contributed by atoms with van der Waals surface area (Å²) >= 11 is 8.06. The van der Waals surface area contributed by atoms with Crippen LogP contribution >= 0.6 is 23.4 Å². The summed E-state index contributed by atoms with van der Waals surface area (Å²) in [5, 5.41) is 13.7. The number of rotatable bonds is 9. The van der Waals surface area contributed by atoms with Crippen molar-refractivity contribution in [2.45, 2.75) is 86.7 Å². The maximum absolute atomic E-state index is 13.4. The highest BCUT2D eigenvalue weighted by atomic mass is 35.5. The summed E-state index contributed by atoms with van der Waals surface area (Å²) in [5.41, 5.74) is 0.276. The monoisotopic (exact) mass is 542 g/mol. The number of hydrogen-bond donors (Lipinski definition) is 2. The van der Waals surface area contributed by atoms with Crippen molar-refractivity contribution in [1.82, 2.24) is 10.2 Å². The minimum atomic E-state index is -0.887. The number of alkyl halides is 1. The van der Waals surface area contributed by atoms with Gasteiger partial charge in [0.2, 0.25) is 5.91 Å². The van der Waals surface area contributed by atoms with Gasteiger partial charge in [-0.3, -0.25) is 9.69 Å². The number of likely N-dealkylation sites (N-methyl/N-ethyl adjacent to an activating group) is 1. The molecule has 36 heavy (non-hydrogen) atoms. The fourth-order valence-electron chi connectivity index (χ4n) is 5.63. The van der Waals surface area contributed by atoms with E-state index in [1.54, 1.807) is 7.11 Å². The Morgan fingerprint density at radius 3 is 2.58 bits per heavy atom. The lowest BCUT2D eigenvalue weighted by Gasteiger charge is -2.43. The number of halogens is 1. The lowest BCUT2D eigenvalue weighted by atomic mass is 9.92. The van der Waals surface area contributed by atoms with Crippen LogP contribution < -0.4 is 10.1 Å². The van der Waals surface area contributed by atoms with Gasteiger partial charge in [0.15, 0.2) is 6.29 Å². The third-order valence-corrected chi connectivity index (χ3v) is 8.65. The van der Waals surface area contributed by atoms with Crippen molar-refractivity contribution in [3.63, 3.8) is 0 Å². The van der Waals surface area contributed by atoms with E-state index >= 15 is 0 Å². The molecule has 3 saturated heterocycles. The van der Waals surface area contributed by atoms with Crippen LogP contribution in [0.15, 0.2) is 24.3 Å². The van der Waals surface area contributed by atoms with Gasteiger partial charge >= 0.3 is 0 Å². The van der Waals surface area contributed by atoms with E-state index in [0.29, 0.717) is 5.92 Å². The minimum absolute atomic E-state index is 0.0498. The fourth-order valence-corrected chi connectivity index (χ4v) is 6.51. The van der Waals surface area contributed by atoms with Crippen molar-refractivity contribution in [2.24, 2.45) is 5.92 Å². The number of nitrogens with one attached hydrogen (secondary N) is 1. The van der Waals surface area contributed by atoms with Crippen molar-refractivity contribution in [2.75, 3.05) is 27.0 Å². The van der Waals surface area contributed by atoms with Crippen molar-refractivity contribution in [3.05, 3.63) is 29.8 Å². The number of aliphatic hydroxyl groups excluding tert-OH is 1. The van der Waals surface area contributed by atoms with Crippen LogP contribution in [0.5, 0.6) is 5.75 Å². The van der Waals surface area contributed by atoms with E-state index in [2.05, 4.69) is 17.1 Å². The molecule has 202 valence electrons. The number of carbonyl (C=O) groups excluding carboxylic acids is 1. The molecule has 10 atom stereocenters. The molecule has 1 aromatic rings. The van der Waals surface area contributed by atoms with Gasteiger partial charge in [0.1, 0.15) is 35.6 Å². The molecule has 3 aliphatic rings. The van der Waals surface area contributed by atoms with Gasteiger partial charge < -0.3 is 29.4 Å². The zero-order chi connectivity index (χ0) is 26.0. The van der Waals surface area contributed by atoms with Crippen LogP contribution in [0.3, 0.4) is 0 Å². The maximum atomic E-state index is 13.4. The van der Waals surface area contributed by atoms with Crippen LogP contribution in [0, 0.1) is 5.92 Å². The number of thioether (sulfide) groups is 1. The van der Waals surface area contributed by atoms with E-state index in [-0.39, 0.29) is 11.9 Å². The third-order valence-electron chi connectivity index (χ3n) is 7.53. The molecule has 2 N–H and O–H groups in total. The van der Waals surface area contributed by atoms with Gasteiger partial charge in [-0.1, -0.05) is 25.5 Å². The Kier molecular flexibility index (Phi) is 9.47. The SMILES string of the molecule is CCC[C@@H]1CC(C(=O)N[C@@H]([C@H]2O[C@H](SC)[C@H](O)[C@H]3OC(c4ccc(OC)cc4)O[C@H]32)[C@@H](C)Cl)N(C)C1. The van der Waals surface area contributed by atoms with Crippen molar-refractivity contribution in [1.29, 1.82) is 0 Å². The molecule has 0 aliphatic carbocycles. The third kappa shape index (κ3) is 5.82. The summed E-state index contributed by atoms with van der Waals surface area (Å²) in [6, 6.07) is 6.71. The normalized spacial score (nSPS) is 36.3. The predicted molar refractivity (Wildman–Crippen MR) is 140 cm³/mol. The number of carbonyl (C=O) groups is 1. The molecule has 0 aromatic heterocycles. The second kappa shape index (κ2) is 12.2. The second-order valence-electron chi connectivity index (χ2n) is 10.1. The lowest BCUT2D eigenvalue weighted by molar-refractivity contribution is -0.167. The number of amides is 1. The molecule has 1 amide bonds. The number of nitrogens with zero attached hydrogens (tertiary/aromatic N) is 1. The van der Waals surface area contributed by atoms with E-state index in [9.17, 15) is 9.90 Å². The Morgan fingerprint density at radius 1 is 1.28 bits per heavy atom. The smallest absolute Gasteiger partial charge is 0.237 e. The summed E-state index contributed by atoms with van der Waals surface area (Å²) in [5.74, 6) is 1.20. The first kappa shape index (κ1) is 28.0. The number of likely N-dealkylation sites (tertiary alicyclic amines) is 1. The molecule has 0 bridgehead atoms. The first-order chi connectivity index (χ1) is 17.3. The summed E-state index contributed by atoms with van der Waals surface area (Å²) in [7, 11) is 3.61. The second-order valence-corrected chi connectivity index (χ2v) is 11.7. The highest BCUT2D eigenvalue weighted by molar-refractivity contribution is 7.99. The number of fused-ring (bicyclic) bond motifs is 1. The van der Waals surface area contributed by atoms with E-state index in [4.69, 9.17) is 30.5 Å². The first-order valence-electron chi connectivity index (χ1n) is 12.7. The zero-order valence-electron chi connectivity index (χ0n) is 21.6. The number of ether oxygens (including phenoxy) is 4. The standard InChI is InChI=1S/C26H39ClN2O6S/c1-6-7-15-12-18(29(3)13-15)24(31)28-19(14(2)27)21-23-22(20(30)26(35-21)36-5)33-25(34-23)16-8-10-17(32-4)11-9-16/h8-11,14-15,18-23,25-26,30H,6-7,12-13H2,1-5H3,(H,28,31)/t14-,15-,18?,19-,20-,21-,22-,23+,25?,26-/m1/s1. The minimum Gasteiger partial charge on any atom is -0.497 e. The molecule has 10 heteroatoms. The lowest BCUT2D eigenvalue weighted by Crippen LogP contribution is -2.64. The largest absolute Gasteiger partial charge is 0.497 e. The van der Waals surface area contributed by atoms with E-state index in [1.807, 2.05) is 44.5 Å². The average Bonchev–Trinajstić information content (AvgIpc) is 3.47. The van der Waals surface area contributed by atoms with Crippen LogP contribution in [-0.2, 0) is 19.0 Å². The summed E-state index contributed by atoms with van der Waals surface area (Å²) in [6.45, 7) is 4.94. The molecular weight excluding hydrogens is 504 g/mol. The number of benzene rings is 1. The summed E-state index contributed by atoms with van der Waals surface area (Å²) < 4.78 is 24.1. The van der Waals surface area contributed by atoms with Gasteiger partial charge in [-0.05, 0) is 51.1 Å². The van der Waals surface area contributed by atoms with E-state index < -0.39 is 47.6 Å². The first-order valence-corrected chi connectivity index (χ1v) is 14.5. The summed E-state index contributed by atoms with van der Waals surface area (Å²) in [6.07, 6.45) is 1.56. The van der Waals surface area contributed by atoms with Gasteiger partial charge in [0.05, 0.1) is 24.6 Å². The molecule has 3 fully saturated rings. The summed E-state index contributed by atoms with van der Waals surface area (Å²) in [4.78, 5) is 15.5. The predicted octanol–water partition coefficient (Wildman–Crippen LogP) is 3.16. The Balaban J connectivity index is 1.53. The molecule has 4 rings (SSSR count). The van der Waals surface area contributed by atoms with Gasteiger partial charge in [-0.25, -0.2) is 0 Å². The van der Waals surface area contributed by atoms with Crippen LogP contribution in [0.1, 0.15) is 45.0 Å². The number of aliphatic hydroxyl groups is 1. The molecule has 3 heterocycles. The fraction of sp³-hybridized carbons (Fsp3) is 0.731. The number of hydrogen-bond acceptors (Lipinski definition) is 8. The number of methoxy groups -OCH3 is 1. The zero-order valence-corrected chi connectivity index (χ0v) is 23.2. The highest BCUT2D eigenvalue weighted by Crippen LogP contribution is 2.42. The Labute approximate surface area is 223 Å². The van der Waals surface area contributed by atoms with Crippen LogP contribution in [0.25, 0.3) is 0 Å². The van der Waals surface area contributed by atoms with Crippen LogP contribution in [-0.4, -0.2) is 90.2 Å². The molecule has 1 aromatic carbocycles. The van der Waals surface area contributed by atoms with Gasteiger partial charge in [-0.15, -0.1) is 23.4 Å². The van der Waals surface area contributed by atoms with E-state index in [0.717, 1.165) is 37.1 Å². The Hall–Kier alpha value is -1.07. The van der Waals surface area contributed by atoms with Gasteiger partial charge in [-0.2, -0.15) is 0 Å². The van der Waals surface area contributed by atoms with Crippen molar-refractivity contribution >= 4 is 29.3 Å². The topological polar surface area (TPSA) is 89.5 Å². The molecule has 0 radical (unpaired) electrons. The molecule has 0 spiro atoms. The molecule has 2 unspecified atom stereocenters. The van der Waals surface area contributed by atoms with Crippen LogP contribution in [0.2, 0.25) is 0 Å². The van der Waals surface area contributed by atoms with Crippen LogP contribution in [0.4, 0.5) is 0 Å². The average molecular weight is 543 g/mol. The quantitative estimate of drug-likeness (QED) is 0.460. The van der Waals surface area contributed by atoms with E-state index in [1.165, 1.54) is 11.8 Å². The van der Waals surface area contributed by atoms with Crippen molar-refractivity contribution in [3.8, 4) is 5.75 Å². The van der Waals surface area contributed by atoms with Crippen molar-refractivity contribution < 1.29 is 28.8 Å². The molecular formula is C26H39ClN2O6S. The molecule has 0 saturated carbocycles. The van der Waals surface area contributed by atoms with Gasteiger partial charge in [0.25, 0.3) is 0 Å². The van der Waals surface area contributed by atoms with Gasteiger partial charge in [0, 0.05) is 12.1 Å². The Morgan fingerprint density at radius 2 is 1.97 bits per heavy atom. The Bertz CT molecular complexity index is 876. The maximum Gasteiger partial charge on any atom is 0.237 e. The molecule has 3 aliphatic heterocycles.